The second kappa shape index (κ2) is 5.01. The lowest BCUT2D eigenvalue weighted by atomic mass is 10.3. The smallest absolute Gasteiger partial charge is 0.298 e. The number of halogens is 3. The van der Waals surface area contributed by atoms with Crippen molar-refractivity contribution >= 4 is 11.6 Å². The molecule has 0 bridgehead atoms. The van der Waals surface area contributed by atoms with Gasteiger partial charge in [0.15, 0.2) is 5.69 Å². The minimum absolute atomic E-state index is 0.316. The highest BCUT2D eigenvalue weighted by Crippen LogP contribution is 2.26. The van der Waals surface area contributed by atoms with Gasteiger partial charge in [-0.1, -0.05) is 18.2 Å². The molecule has 0 aliphatic carbocycles. The number of hydrazine groups is 1. The highest BCUT2D eigenvalue weighted by molar-refractivity contribution is 5.46. The first-order valence-corrected chi connectivity index (χ1v) is 5.21. The zero-order chi connectivity index (χ0) is 13.9. The van der Waals surface area contributed by atoms with Gasteiger partial charge in [0.05, 0.1) is 5.69 Å². The molecule has 0 unspecified atom stereocenters. The number of nitrogens with zero attached hydrogens (tertiary/aromatic N) is 1. The Kier molecular flexibility index (Phi) is 3.41. The van der Waals surface area contributed by atoms with Crippen LogP contribution in [-0.2, 0) is 6.18 Å². The number of rotatable bonds is 3. The van der Waals surface area contributed by atoms with Crippen LogP contribution in [-0.4, -0.2) is 9.97 Å². The van der Waals surface area contributed by atoms with Crippen molar-refractivity contribution in [2.75, 3.05) is 10.9 Å². The Morgan fingerprint density at radius 3 is 2.42 bits per heavy atom. The fraction of sp³-hybridized carbons (Fsp3) is 0.0909. The van der Waals surface area contributed by atoms with Gasteiger partial charge >= 0.3 is 6.18 Å². The van der Waals surface area contributed by atoms with Crippen LogP contribution >= 0.6 is 0 Å². The lowest BCUT2D eigenvalue weighted by Gasteiger charge is -2.10. The minimum atomic E-state index is -4.67. The zero-order valence-corrected chi connectivity index (χ0v) is 9.45. The van der Waals surface area contributed by atoms with Crippen LogP contribution in [0.4, 0.5) is 24.8 Å². The molecule has 0 amide bonds. The van der Waals surface area contributed by atoms with Gasteiger partial charge in [-0.15, -0.1) is 0 Å². The van der Waals surface area contributed by atoms with Crippen molar-refractivity contribution in [2.45, 2.75) is 6.18 Å². The molecule has 3 N–H and O–H groups in total. The van der Waals surface area contributed by atoms with Crippen LogP contribution in [0.5, 0.6) is 0 Å². The lowest BCUT2D eigenvalue weighted by molar-refractivity contribution is -0.141. The van der Waals surface area contributed by atoms with Crippen LogP contribution in [0.3, 0.4) is 0 Å². The molecule has 0 aliphatic rings. The van der Waals surface area contributed by atoms with Crippen LogP contribution in [0.1, 0.15) is 5.69 Å². The van der Waals surface area contributed by atoms with Crippen LogP contribution < -0.4 is 16.4 Å². The number of alkyl halides is 3. The molecule has 0 spiro atoms. The number of hydrogen-bond acceptors (Lipinski definition) is 4. The Hall–Kier alpha value is -2.51. The fourth-order valence-corrected chi connectivity index (χ4v) is 1.31. The van der Waals surface area contributed by atoms with E-state index in [9.17, 15) is 18.0 Å². The molecule has 0 radical (unpaired) electrons. The maximum Gasteiger partial charge on any atom is 0.433 e. The summed E-state index contributed by atoms with van der Waals surface area (Å²) in [4.78, 5) is 16.5. The summed E-state index contributed by atoms with van der Waals surface area (Å²) < 4.78 is 37.3. The summed E-state index contributed by atoms with van der Waals surface area (Å²) >= 11 is 0. The van der Waals surface area contributed by atoms with E-state index in [-0.39, 0.29) is 5.95 Å². The average molecular weight is 270 g/mol. The number of para-hydroxylation sites is 1. The standard InChI is InChI=1S/C11H9F3N4O/c12-11(13,14)8-6-9(19)16-10(15-8)18-17-7-4-2-1-3-5-7/h1-6,17H,(H2,15,16,18,19). The Balaban J connectivity index is 2.17. The van der Waals surface area contributed by atoms with Crippen molar-refractivity contribution < 1.29 is 13.2 Å². The Bertz CT molecular complexity index is 609. The summed E-state index contributed by atoms with van der Waals surface area (Å²) in [5.74, 6) is -0.316. The number of hydrogen-bond donors (Lipinski definition) is 3. The van der Waals surface area contributed by atoms with Crippen molar-refractivity contribution in [2.24, 2.45) is 0 Å². The number of H-pyrrole nitrogens is 1. The van der Waals surface area contributed by atoms with Crippen molar-refractivity contribution in [3.8, 4) is 0 Å². The first-order chi connectivity index (χ1) is 8.95. The highest BCUT2D eigenvalue weighted by atomic mass is 19.4. The third-order valence-electron chi connectivity index (χ3n) is 2.13. The van der Waals surface area contributed by atoms with E-state index in [0.717, 1.165) is 0 Å². The van der Waals surface area contributed by atoms with E-state index in [1.807, 2.05) is 0 Å². The van der Waals surface area contributed by atoms with Gasteiger partial charge in [0.25, 0.3) is 5.56 Å². The van der Waals surface area contributed by atoms with E-state index < -0.39 is 17.4 Å². The van der Waals surface area contributed by atoms with Crippen molar-refractivity contribution in [3.63, 3.8) is 0 Å². The molecule has 19 heavy (non-hydrogen) atoms. The summed E-state index contributed by atoms with van der Waals surface area (Å²) in [5, 5.41) is 0. The molecule has 8 heteroatoms. The number of benzene rings is 1. The number of aromatic nitrogens is 2. The monoisotopic (exact) mass is 270 g/mol. The largest absolute Gasteiger partial charge is 0.433 e. The van der Waals surface area contributed by atoms with Gasteiger partial charge in [0.2, 0.25) is 5.95 Å². The average Bonchev–Trinajstić information content (AvgIpc) is 2.36. The second-order valence-corrected chi connectivity index (χ2v) is 3.59. The van der Waals surface area contributed by atoms with Crippen LogP contribution in [0.25, 0.3) is 0 Å². The first-order valence-electron chi connectivity index (χ1n) is 5.21. The summed E-state index contributed by atoms with van der Waals surface area (Å²) in [6.07, 6.45) is -4.67. The molecule has 2 aromatic rings. The summed E-state index contributed by atoms with van der Waals surface area (Å²) in [6.45, 7) is 0. The number of aromatic amines is 1. The van der Waals surface area contributed by atoms with Crippen molar-refractivity contribution in [3.05, 3.63) is 52.4 Å². The predicted molar refractivity (Wildman–Crippen MR) is 63.5 cm³/mol. The number of anilines is 2. The second-order valence-electron chi connectivity index (χ2n) is 3.59. The molecule has 100 valence electrons. The maximum atomic E-state index is 12.4. The molecular weight excluding hydrogens is 261 g/mol. The van der Waals surface area contributed by atoms with Crippen molar-refractivity contribution in [1.82, 2.24) is 9.97 Å². The van der Waals surface area contributed by atoms with Gasteiger partial charge in [-0.25, -0.2) is 4.98 Å². The topological polar surface area (TPSA) is 69.8 Å². The van der Waals surface area contributed by atoms with Crippen LogP contribution in [0, 0.1) is 0 Å². The summed E-state index contributed by atoms with van der Waals surface area (Å²) in [5.41, 5.74) is 3.48. The van der Waals surface area contributed by atoms with Crippen LogP contribution in [0.15, 0.2) is 41.2 Å². The molecule has 1 aromatic heterocycles. The third-order valence-corrected chi connectivity index (χ3v) is 2.13. The van der Waals surface area contributed by atoms with E-state index in [0.29, 0.717) is 11.8 Å². The SMILES string of the molecule is O=c1cc(C(F)(F)F)nc(NNc2ccccc2)[nH]1. The van der Waals surface area contributed by atoms with E-state index in [1.54, 1.807) is 30.3 Å². The molecule has 0 saturated carbocycles. The molecule has 2 rings (SSSR count). The van der Waals surface area contributed by atoms with E-state index in [2.05, 4.69) is 20.8 Å². The highest BCUT2D eigenvalue weighted by Gasteiger charge is 2.33. The maximum absolute atomic E-state index is 12.4. The third kappa shape index (κ3) is 3.47. The quantitative estimate of drug-likeness (QED) is 0.748. The van der Waals surface area contributed by atoms with Gasteiger partial charge in [-0.2, -0.15) is 13.2 Å². The molecule has 1 aromatic carbocycles. The summed E-state index contributed by atoms with van der Waals surface area (Å²) in [7, 11) is 0. The molecule has 0 saturated heterocycles. The Morgan fingerprint density at radius 1 is 1.11 bits per heavy atom. The minimum Gasteiger partial charge on any atom is -0.298 e. The molecule has 0 atom stereocenters. The molecule has 0 fully saturated rings. The summed E-state index contributed by atoms with van der Waals surface area (Å²) in [6, 6.07) is 9.05. The van der Waals surface area contributed by atoms with Gasteiger partial charge < -0.3 is 0 Å². The van der Waals surface area contributed by atoms with Gasteiger partial charge in [-0.3, -0.25) is 20.6 Å². The predicted octanol–water partition coefficient (Wildman–Crippen LogP) is 2.23. The normalized spacial score (nSPS) is 11.1. The van der Waals surface area contributed by atoms with Gasteiger partial charge in [-0.05, 0) is 12.1 Å². The molecule has 0 aliphatic heterocycles. The molecule has 1 heterocycles. The van der Waals surface area contributed by atoms with Crippen LogP contribution in [0.2, 0.25) is 0 Å². The zero-order valence-electron chi connectivity index (χ0n) is 9.45. The molecule has 5 nitrogen and oxygen atoms in total. The van der Waals surface area contributed by atoms with E-state index in [1.165, 1.54) is 0 Å². The van der Waals surface area contributed by atoms with Gasteiger partial charge in [0, 0.05) is 6.07 Å². The van der Waals surface area contributed by atoms with E-state index in [4.69, 9.17) is 0 Å². The number of nitrogens with one attached hydrogen (secondary N) is 3. The van der Waals surface area contributed by atoms with E-state index >= 15 is 0 Å². The fourth-order valence-electron chi connectivity index (χ4n) is 1.31. The first kappa shape index (κ1) is 12.9. The Labute approximate surface area is 105 Å². The molecular formula is C11H9F3N4O. The van der Waals surface area contributed by atoms with Gasteiger partial charge in [0.1, 0.15) is 0 Å². The lowest BCUT2D eigenvalue weighted by Crippen LogP contribution is -2.21. The Morgan fingerprint density at radius 2 is 1.79 bits per heavy atom. The van der Waals surface area contributed by atoms with Crippen molar-refractivity contribution in [1.29, 1.82) is 0 Å².